The first-order valence-corrected chi connectivity index (χ1v) is 5.96. The molecule has 1 aliphatic rings. The quantitative estimate of drug-likeness (QED) is 0.678. The molecule has 1 aromatic carbocycles. The van der Waals surface area contributed by atoms with Gasteiger partial charge in [0.05, 0.1) is 0 Å². The van der Waals surface area contributed by atoms with Crippen LogP contribution in [0.25, 0.3) is 0 Å². The normalized spacial score (nSPS) is 15.4. The van der Waals surface area contributed by atoms with Crippen LogP contribution < -0.4 is 0 Å². The lowest BCUT2D eigenvalue weighted by Gasteiger charge is -2.28. The molecule has 0 atom stereocenters. The van der Waals surface area contributed by atoms with Crippen molar-refractivity contribution in [3.05, 3.63) is 58.7 Å². The highest BCUT2D eigenvalue weighted by atomic mass is 14.3. The van der Waals surface area contributed by atoms with E-state index in [9.17, 15) is 0 Å². The second-order valence-corrected chi connectivity index (χ2v) is 5.25. The second-order valence-electron chi connectivity index (χ2n) is 5.25. The van der Waals surface area contributed by atoms with Crippen LogP contribution in [-0.2, 0) is 5.41 Å². The Morgan fingerprint density at radius 3 is 2.38 bits per heavy atom. The van der Waals surface area contributed by atoms with Gasteiger partial charge >= 0.3 is 0 Å². The molecule has 16 heavy (non-hydrogen) atoms. The lowest BCUT2D eigenvalue weighted by atomic mass is 9.76. The summed E-state index contributed by atoms with van der Waals surface area (Å²) < 4.78 is 0. The maximum atomic E-state index is 2.33. The number of benzene rings is 1. The fourth-order valence-electron chi connectivity index (χ4n) is 2.23. The van der Waals surface area contributed by atoms with Gasteiger partial charge in [-0.2, -0.15) is 0 Å². The fourth-order valence-corrected chi connectivity index (χ4v) is 2.23. The molecule has 0 unspecified atom stereocenters. The molecule has 0 radical (unpaired) electrons. The summed E-state index contributed by atoms with van der Waals surface area (Å²) in [6, 6.07) is 6.82. The molecule has 0 fully saturated rings. The molecule has 0 spiro atoms. The smallest absolute Gasteiger partial charge is 0.0111 e. The van der Waals surface area contributed by atoms with E-state index in [0.29, 0.717) is 0 Å². The molecular weight excluding hydrogens is 192 g/mol. The van der Waals surface area contributed by atoms with Crippen molar-refractivity contribution in [3.8, 4) is 0 Å². The van der Waals surface area contributed by atoms with Gasteiger partial charge in [0.2, 0.25) is 0 Å². The van der Waals surface area contributed by atoms with Crippen molar-refractivity contribution < 1.29 is 0 Å². The molecule has 84 valence electrons. The van der Waals surface area contributed by atoms with E-state index < -0.39 is 0 Å². The molecule has 0 heterocycles. The van der Waals surface area contributed by atoms with Gasteiger partial charge in [0, 0.05) is 5.41 Å². The van der Waals surface area contributed by atoms with Gasteiger partial charge < -0.3 is 0 Å². The molecule has 2 rings (SSSR count). The Labute approximate surface area is 98.7 Å². The third-order valence-electron chi connectivity index (χ3n) is 3.80. The van der Waals surface area contributed by atoms with Crippen molar-refractivity contribution in [2.45, 2.75) is 39.5 Å². The van der Waals surface area contributed by atoms with Crippen molar-refractivity contribution >= 4 is 0 Å². The van der Waals surface area contributed by atoms with E-state index in [4.69, 9.17) is 0 Å². The Kier molecular flexibility index (Phi) is 2.75. The van der Waals surface area contributed by atoms with Gasteiger partial charge in [0.15, 0.2) is 0 Å². The number of hydrogen-bond acceptors (Lipinski definition) is 0. The molecule has 0 bridgehead atoms. The zero-order chi connectivity index (χ0) is 11.8. The minimum atomic E-state index is 0.155. The average molecular weight is 212 g/mol. The lowest BCUT2D eigenvalue weighted by Crippen LogP contribution is -2.19. The Bertz CT molecular complexity index is 459. The summed E-state index contributed by atoms with van der Waals surface area (Å²) in [6.45, 7) is 8.99. The van der Waals surface area contributed by atoms with Crippen LogP contribution in [0.15, 0.2) is 42.0 Å². The van der Waals surface area contributed by atoms with E-state index in [-0.39, 0.29) is 5.41 Å². The van der Waals surface area contributed by atoms with Gasteiger partial charge in [-0.05, 0) is 37.0 Å². The molecule has 0 aromatic heterocycles. The Morgan fingerprint density at radius 1 is 1.06 bits per heavy atom. The number of allylic oxidation sites excluding steroid dienone is 4. The third kappa shape index (κ3) is 1.84. The Hall–Kier alpha value is -1.30. The summed E-state index contributed by atoms with van der Waals surface area (Å²) in [5.74, 6) is 0. The molecule has 0 N–H and O–H groups in total. The van der Waals surface area contributed by atoms with E-state index in [2.05, 4.69) is 64.1 Å². The summed E-state index contributed by atoms with van der Waals surface area (Å²) in [5.41, 5.74) is 5.85. The first kappa shape index (κ1) is 11.2. The standard InChI is InChI=1S/C16H20/c1-12-9-10-15(11-13(12)2)16(3,4)14-7-5-6-8-14/h5-7,9-11H,8H2,1-4H3. The second kappa shape index (κ2) is 3.93. The van der Waals surface area contributed by atoms with E-state index in [0.717, 1.165) is 6.42 Å². The zero-order valence-electron chi connectivity index (χ0n) is 10.7. The predicted octanol–water partition coefficient (Wildman–Crippen LogP) is 4.47. The minimum absolute atomic E-state index is 0.155. The summed E-state index contributed by atoms with van der Waals surface area (Å²) in [7, 11) is 0. The maximum absolute atomic E-state index is 2.33. The monoisotopic (exact) mass is 212 g/mol. The van der Waals surface area contributed by atoms with Crippen LogP contribution in [0.5, 0.6) is 0 Å². The molecular formula is C16H20. The summed E-state index contributed by atoms with van der Waals surface area (Å²) in [5, 5.41) is 0. The van der Waals surface area contributed by atoms with Crippen LogP contribution in [0.1, 0.15) is 37.0 Å². The highest BCUT2D eigenvalue weighted by Gasteiger charge is 2.25. The first-order valence-electron chi connectivity index (χ1n) is 5.96. The zero-order valence-corrected chi connectivity index (χ0v) is 10.7. The van der Waals surface area contributed by atoms with Gasteiger partial charge in [0.25, 0.3) is 0 Å². The van der Waals surface area contributed by atoms with Crippen molar-refractivity contribution in [2.24, 2.45) is 0 Å². The number of hydrogen-bond donors (Lipinski definition) is 0. The van der Waals surface area contributed by atoms with Crippen molar-refractivity contribution in [1.29, 1.82) is 0 Å². The van der Waals surface area contributed by atoms with E-state index >= 15 is 0 Å². The topological polar surface area (TPSA) is 0 Å². The number of aryl methyl sites for hydroxylation is 2. The molecule has 0 aliphatic heterocycles. The van der Waals surface area contributed by atoms with E-state index in [1.165, 1.54) is 22.3 Å². The minimum Gasteiger partial charge on any atom is -0.0804 e. The van der Waals surface area contributed by atoms with Gasteiger partial charge in [-0.15, -0.1) is 0 Å². The predicted molar refractivity (Wildman–Crippen MR) is 70.8 cm³/mol. The molecule has 0 saturated heterocycles. The van der Waals surface area contributed by atoms with E-state index in [1.807, 2.05) is 0 Å². The van der Waals surface area contributed by atoms with Gasteiger partial charge in [-0.3, -0.25) is 0 Å². The van der Waals surface area contributed by atoms with Crippen LogP contribution in [-0.4, -0.2) is 0 Å². The highest BCUT2D eigenvalue weighted by molar-refractivity contribution is 5.42. The van der Waals surface area contributed by atoms with Crippen molar-refractivity contribution in [1.82, 2.24) is 0 Å². The van der Waals surface area contributed by atoms with Crippen LogP contribution in [0, 0.1) is 13.8 Å². The van der Waals surface area contributed by atoms with Crippen molar-refractivity contribution in [3.63, 3.8) is 0 Å². The fraction of sp³-hybridized carbons (Fsp3) is 0.375. The van der Waals surface area contributed by atoms with Crippen LogP contribution in [0.2, 0.25) is 0 Å². The largest absolute Gasteiger partial charge is 0.0804 e. The summed E-state index contributed by atoms with van der Waals surface area (Å²) in [6.07, 6.45) is 7.76. The SMILES string of the molecule is Cc1ccc(C(C)(C)C2=CC=CC2)cc1C. The van der Waals surface area contributed by atoms with Crippen LogP contribution in [0.4, 0.5) is 0 Å². The molecule has 0 heteroatoms. The van der Waals surface area contributed by atoms with Gasteiger partial charge in [-0.1, -0.05) is 55.8 Å². The molecule has 0 amide bonds. The lowest BCUT2D eigenvalue weighted by molar-refractivity contribution is 0.612. The Morgan fingerprint density at radius 2 is 1.81 bits per heavy atom. The molecule has 0 saturated carbocycles. The third-order valence-corrected chi connectivity index (χ3v) is 3.80. The van der Waals surface area contributed by atoms with Crippen molar-refractivity contribution in [2.75, 3.05) is 0 Å². The van der Waals surface area contributed by atoms with Crippen LogP contribution >= 0.6 is 0 Å². The molecule has 1 aliphatic carbocycles. The molecule has 0 nitrogen and oxygen atoms in total. The molecule has 1 aromatic rings. The number of rotatable bonds is 2. The maximum Gasteiger partial charge on any atom is 0.0111 e. The average Bonchev–Trinajstić information content (AvgIpc) is 2.75. The highest BCUT2D eigenvalue weighted by Crippen LogP contribution is 2.36. The first-order chi connectivity index (χ1) is 7.51. The van der Waals surface area contributed by atoms with Gasteiger partial charge in [-0.25, -0.2) is 0 Å². The summed E-state index contributed by atoms with van der Waals surface area (Å²) in [4.78, 5) is 0. The van der Waals surface area contributed by atoms with E-state index in [1.54, 1.807) is 0 Å². The van der Waals surface area contributed by atoms with Gasteiger partial charge in [0.1, 0.15) is 0 Å². The van der Waals surface area contributed by atoms with Crippen LogP contribution in [0.3, 0.4) is 0 Å². The summed E-state index contributed by atoms with van der Waals surface area (Å²) >= 11 is 0. The Balaban J connectivity index is 2.39.